The Morgan fingerprint density at radius 1 is 0.579 bits per heavy atom. The highest BCUT2D eigenvalue weighted by molar-refractivity contribution is 7.88. The zero-order valence-corrected chi connectivity index (χ0v) is 21.6. The van der Waals surface area contributed by atoms with Crippen molar-refractivity contribution in [3.8, 4) is 0 Å². The van der Waals surface area contributed by atoms with Gasteiger partial charge in [-0.3, -0.25) is 27.5 Å². The van der Waals surface area contributed by atoms with E-state index in [-0.39, 0.29) is 42.9 Å². The Bertz CT molecular complexity index is 866. The highest BCUT2D eigenvalue weighted by atomic mass is 32.2. The lowest BCUT2D eigenvalue weighted by molar-refractivity contribution is -0.148. The minimum Gasteiger partial charge on any atom is -0.469 e. The lowest BCUT2D eigenvalue weighted by atomic mass is 10.3. The van der Waals surface area contributed by atoms with Gasteiger partial charge in [0.25, 0.3) is 20.2 Å². The smallest absolute Gasteiger partial charge is 0.327 e. The monoisotopic (exact) mass is 600 g/mol. The normalized spacial score (nSPS) is 11.5. The summed E-state index contributed by atoms with van der Waals surface area (Å²) in [6, 6.07) is 0. The molecule has 0 aliphatic carbocycles. The Kier molecular flexibility index (Phi) is 32.1. The summed E-state index contributed by atoms with van der Waals surface area (Å²) in [5.74, 6) is -3.69. The van der Waals surface area contributed by atoms with E-state index in [0.717, 1.165) is 28.4 Å². The standard InChI is InChI=1S/2C9H16O7S.4CH4/c1-4-5-16-8(10)6-7(9(11)14-2)17(12,13)15-3;1-4-5-16-9(11)7(6-8(10)14-2)17(12,13)15-3;;;;/h2*7H,4-6H2,1-3H3;4*1H4. The van der Waals surface area contributed by atoms with E-state index in [0.29, 0.717) is 12.8 Å². The van der Waals surface area contributed by atoms with Crippen molar-refractivity contribution in [1.82, 2.24) is 0 Å². The highest BCUT2D eigenvalue weighted by Crippen LogP contribution is 2.12. The number of rotatable bonds is 14. The summed E-state index contributed by atoms with van der Waals surface area (Å²) in [5.41, 5.74) is 0. The van der Waals surface area contributed by atoms with Crippen molar-refractivity contribution in [3.63, 3.8) is 0 Å². The molecule has 0 saturated carbocycles. The topological polar surface area (TPSA) is 192 Å². The second kappa shape index (κ2) is 25.0. The fraction of sp³-hybridized carbons (Fsp3) is 0.818. The molecule has 232 valence electrons. The molecule has 0 aliphatic heterocycles. The molecule has 38 heavy (non-hydrogen) atoms. The third-order valence-electron chi connectivity index (χ3n) is 3.74. The average molecular weight is 601 g/mol. The maximum absolute atomic E-state index is 11.5. The summed E-state index contributed by atoms with van der Waals surface area (Å²) in [6.45, 7) is 3.79. The first-order valence-electron chi connectivity index (χ1n) is 9.83. The van der Waals surface area contributed by atoms with Gasteiger partial charge in [0.15, 0.2) is 10.5 Å². The van der Waals surface area contributed by atoms with Gasteiger partial charge in [-0.05, 0) is 12.8 Å². The van der Waals surface area contributed by atoms with Gasteiger partial charge < -0.3 is 18.9 Å². The Morgan fingerprint density at radius 3 is 1.29 bits per heavy atom. The van der Waals surface area contributed by atoms with Crippen molar-refractivity contribution in [2.45, 2.75) is 79.7 Å². The van der Waals surface area contributed by atoms with Crippen LogP contribution in [-0.2, 0) is 66.7 Å². The summed E-state index contributed by atoms with van der Waals surface area (Å²) >= 11 is 0. The Labute approximate surface area is 228 Å². The number of hydrogen-bond donors (Lipinski definition) is 0. The maximum atomic E-state index is 11.5. The van der Waals surface area contributed by atoms with Gasteiger partial charge in [-0.1, -0.05) is 43.6 Å². The average Bonchev–Trinajstić information content (AvgIpc) is 2.82. The van der Waals surface area contributed by atoms with Crippen molar-refractivity contribution < 1.29 is 63.3 Å². The number of ether oxygens (including phenoxy) is 4. The first-order chi connectivity index (χ1) is 15.8. The fourth-order valence-corrected chi connectivity index (χ4v) is 3.71. The summed E-state index contributed by atoms with van der Waals surface area (Å²) in [4.78, 5) is 45.0. The molecule has 0 saturated heterocycles. The molecule has 0 rings (SSSR count). The van der Waals surface area contributed by atoms with Gasteiger partial charge >= 0.3 is 23.9 Å². The molecule has 2 atom stereocenters. The van der Waals surface area contributed by atoms with Crippen LogP contribution < -0.4 is 0 Å². The zero-order chi connectivity index (χ0) is 26.9. The largest absolute Gasteiger partial charge is 0.469 e. The van der Waals surface area contributed by atoms with Crippen LogP contribution in [0, 0.1) is 0 Å². The van der Waals surface area contributed by atoms with E-state index >= 15 is 0 Å². The molecular formula is C22H48O14S2. The van der Waals surface area contributed by atoms with Crippen LogP contribution in [0.25, 0.3) is 0 Å². The number of methoxy groups -OCH3 is 2. The van der Waals surface area contributed by atoms with Crippen LogP contribution in [-0.4, -0.2) is 92.9 Å². The van der Waals surface area contributed by atoms with Crippen LogP contribution in [0.3, 0.4) is 0 Å². The van der Waals surface area contributed by atoms with Gasteiger partial charge in [-0.15, -0.1) is 0 Å². The van der Waals surface area contributed by atoms with Gasteiger partial charge in [0.1, 0.15) is 0 Å². The maximum Gasteiger partial charge on any atom is 0.327 e. The molecule has 0 aromatic rings. The first kappa shape index (κ1) is 48.7. The Morgan fingerprint density at radius 2 is 0.947 bits per heavy atom. The lowest BCUT2D eigenvalue weighted by Crippen LogP contribution is -2.35. The van der Waals surface area contributed by atoms with E-state index in [4.69, 9.17) is 0 Å². The molecule has 0 aliphatic rings. The fourth-order valence-electron chi connectivity index (χ4n) is 1.93. The molecule has 0 aromatic carbocycles. The van der Waals surface area contributed by atoms with E-state index in [1.54, 1.807) is 13.8 Å². The molecule has 0 spiro atoms. The molecule has 0 radical (unpaired) electrons. The Hall–Kier alpha value is -2.30. The molecule has 0 bridgehead atoms. The predicted molar refractivity (Wildman–Crippen MR) is 142 cm³/mol. The van der Waals surface area contributed by atoms with Gasteiger partial charge in [-0.2, -0.15) is 16.8 Å². The van der Waals surface area contributed by atoms with Crippen molar-refractivity contribution in [3.05, 3.63) is 0 Å². The minimum atomic E-state index is -4.17. The van der Waals surface area contributed by atoms with Crippen molar-refractivity contribution >= 4 is 44.1 Å². The molecule has 0 heterocycles. The molecule has 14 nitrogen and oxygen atoms in total. The predicted octanol–water partition coefficient (Wildman–Crippen LogP) is 2.24. The van der Waals surface area contributed by atoms with E-state index in [9.17, 15) is 36.0 Å². The summed E-state index contributed by atoms with van der Waals surface area (Å²) < 4.78 is 72.0. The molecule has 0 fully saturated rings. The van der Waals surface area contributed by atoms with Crippen LogP contribution >= 0.6 is 0 Å². The number of hydrogen-bond acceptors (Lipinski definition) is 14. The summed E-state index contributed by atoms with van der Waals surface area (Å²) in [5, 5.41) is -3.38. The van der Waals surface area contributed by atoms with Crippen LogP contribution in [0.4, 0.5) is 0 Å². The van der Waals surface area contributed by atoms with Gasteiger partial charge in [0, 0.05) is 0 Å². The van der Waals surface area contributed by atoms with E-state index in [1.807, 2.05) is 0 Å². The molecule has 0 aromatic heterocycles. The molecular weight excluding hydrogens is 552 g/mol. The molecule has 2 unspecified atom stereocenters. The minimum absolute atomic E-state index is 0. The first-order valence-corrected chi connectivity index (χ1v) is 12.8. The second-order valence-electron chi connectivity index (χ2n) is 6.19. The summed E-state index contributed by atoms with van der Waals surface area (Å²) in [6.07, 6.45) is -0.104. The quantitative estimate of drug-likeness (QED) is 0.160. The Balaban J connectivity index is -0.000000122. The highest BCUT2D eigenvalue weighted by Gasteiger charge is 2.37. The van der Waals surface area contributed by atoms with Gasteiger partial charge in [0.05, 0.1) is 54.5 Å². The van der Waals surface area contributed by atoms with Gasteiger partial charge in [0.2, 0.25) is 0 Å². The zero-order valence-electron chi connectivity index (χ0n) is 19.9. The van der Waals surface area contributed by atoms with E-state index < -0.39 is 67.5 Å². The van der Waals surface area contributed by atoms with Crippen molar-refractivity contribution in [1.29, 1.82) is 0 Å². The third kappa shape index (κ3) is 18.9. The van der Waals surface area contributed by atoms with E-state index in [2.05, 4.69) is 27.3 Å². The van der Waals surface area contributed by atoms with Crippen LogP contribution in [0.1, 0.15) is 69.2 Å². The second-order valence-corrected chi connectivity index (χ2v) is 9.97. The van der Waals surface area contributed by atoms with Crippen molar-refractivity contribution in [2.75, 3.05) is 41.7 Å². The summed E-state index contributed by atoms with van der Waals surface area (Å²) in [7, 11) is -4.40. The number of carbonyl (C=O) groups is 4. The van der Waals surface area contributed by atoms with Gasteiger partial charge in [-0.25, -0.2) is 0 Å². The number of carbonyl (C=O) groups excluding carboxylic acids is 4. The van der Waals surface area contributed by atoms with Crippen LogP contribution in [0.5, 0.6) is 0 Å². The van der Waals surface area contributed by atoms with E-state index in [1.165, 1.54) is 0 Å². The van der Waals surface area contributed by atoms with Crippen LogP contribution in [0.15, 0.2) is 0 Å². The molecule has 0 amide bonds. The molecule has 0 N–H and O–H groups in total. The third-order valence-corrected chi connectivity index (χ3v) is 6.78. The SMILES string of the molecule is C.C.C.C.CCCOC(=O)C(CC(=O)OC)S(=O)(=O)OC.CCCOC(=O)CC(C(=O)OC)S(=O)(=O)OC. The lowest BCUT2D eigenvalue weighted by Gasteiger charge is -2.13. The van der Waals surface area contributed by atoms with Crippen LogP contribution in [0.2, 0.25) is 0 Å². The van der Waals surface area contributed by atoms with Crippen molar-refractivity contribution in [2.24, 2.45) is 0 Å². The molecule has 16 heteroatoms. The number of esters is 4.